The van der Waals surface area contributed by atoms with Gasteiger partial charge in [0.25, 0.3) is 0 Å². The van der Waals surface area contributed by atoms with Gasteiger partial charge < -0.3 is 18.9 Å². The SMILES string of the molecule is COc1c(OCCCCCCn2ccnc2)ccc2c1CN1CC(=O)NC1=N2. The maximum Gasteiger partial charge on any atom is 0.246 e. The van der Waals surface area contributed by atoms with Crippen molar-refractivity contribution in [3.05, 3.63) is 36.4 Å². The van der Waals surface area contributed by atoms with Gasteiger partial charge in [-0.2, -0.15) is 0 Å². The van der Waals surface area contributed by atoms with E-state index in [0.29, 0.717) is 31.4 Å². The molecule has 0 aliphatic carbocycles. The van der Waals surface area contributed by atoms with Crippen molar-refractivity contribution in [1.29, 1.82) is 0 Å². The van der Waals surface area contributed by atoms with E-state index in [0.717, 1.165) is 49.2 Å². The number of ether oxygens (including phenoxy) is 2. The third-order valence-corrected chi connectivity index (χ3v) is 4.99. The van der Waals surface area contributed by atoms with Crippen LogP contribution in [0.3, 0.4) is 0 Å². The Labute approximate surface area is 164 Å². The molecule has 4 rings (SSSR count). The second kappa shape index (κ2) is 8.33. The lowest BCUT2D eigenvalue weighted by Gasteiger charge is -2.25. The van der Waals surface area contributed by atoms with Crippen molar-refractivity contribution < 1.29 is 14.3 Å². The minimum Gasteiger partial charge on any atom is -0.492 e. The van der Waals surface area contributed by atoms with Crippen LogP contribution < -0.4 is 14.8 Å². The molecule has 0 radical (unpaired) electrons. The number of nitrogens with zero attached hydrogens (tertiary/aromatic N) is 4. The lowest BCUT2D eigenvalue weighted by atomic mass is 10.1. The molecule has 1 aromatic carbocycles. The number of carbonyl (C=O) groups excluding carboxylic acids is 1. The molecule has 8 heteroatoms. The first-order valence-electron chi connectivity index (χ1n) is 9.66. The first-order valence-corrected chi connectivity index (χ1v) is 9.66. The summed E-state index contributed by atoms with van der Waals surface area (Å²) in [6, 6.07) is 3.82. The van der Waals surface area contributed by atoms with Crippen molar-refractivity contribution >= 4 is 17.6 Å². The highest BCUT2D eigenvalue weighted by Gasteiger charge is 2.31. The Balaban J connectivity index is 1.29. The number of hydrogen-bond donors (Lipinski definition) is 1. The van der Waals surface area contributed by atoms with Crippen LogP contribution in [0.4, 0.5) is 5.69 Å². The normalized spacial score (nSPS) is 15.0. The number of rotatable bonds is 9. The van der Waals surface area contributed by atoms with Gasteiger partial charge in [0.15, 0.2) is 11.5 Å². The van der Waals surface area contributed by atoms with Gasteiger partial charge in [-0.25, -0.2) is 9.98 Å². The van der Waals surface area contributed by atoms with Crippen molar-refractivity contribution in [2.24, 2.45) is 4.99 Å². The molecule has 0 saturated carbocycles. The summed E-state index contributed by atoms with van der Waals surface area (Å²) in [5, 5.41) is 2.78. The Morgan fingerprint density at radius 3 is 2.89 bits per heavy atom. The summed E-state index contributed by atoms with van der Waals surface area (Å²) in [4.78, 5) is 22.1. The molecule has 1 fully saturated rings. The van der Waals surface area contributed by atoms with E-state index in [-0.39, 0.29) is 5.91 Å². The van der Waals surface area contributed by atoms with Crippen LogP contribution in [-0.2, 0) is 17.9 Å². The highest BCUT2D eigenvalue weighted by molar-refractivity contribution is 6.06. The quantitative estimate of drug-likeness (QED) is 0.673. The second-order valence-electron chi connectivity index (χ2n) is 7.00. The molecule has 8 nitrogen and oxygen atoms in total. The molecule has 0 atom stereocenters. The Bertz CT molecular complexity index is 863. The molecular formula is C20H25N5O3. The molecule has 2 aliphatic heterocycles. The van der Waals surface area contributed by atoms with Crippen LogP contribution in [0.15, 0.2) is 35.8 Å². The zero-order valence-corrected chi connectivity index (χ0v) is 16.1. The largest absolute Gasteiger partial charge is 0.492 e. The van der Waals surface area contributed by atoms with E-state index in [1.165, 1.54) is 0 Å². The monoisotopic (exact) mass is 383 g/mol. The molecule has 2 aromatic rings. The summed E-state index contributed by atoms with van der Waals surface area (Å²) >= 11 is 0. The average Bonchev–Trinajstić information content (AvgIpc) is 3.33. The molecule has 1 amide bonds. The van der Waals surface area contributed by atoms with E-state index < -0.39 is 0 Å². The van der Waals surface area contributed by atoms with Crippen LogP contribution in [0.2, 0.25) is 0 Å². The first-order chi connectivity index (χ1) is 13.7. The number of imidazole rings is 1. The van der Waals surface area contributed by atoms with Gasteiger partial charge in [-0.05, 0) is 25.0 Å². The molecule has 3 heterocycles. The van der Waals surface area contributed by atoms with Crippen LogP contribution >= 0.6 is 0 Å². The summed E-state index contributed by atoms with van der Waals surface area (Å²) in [5.74, 6) is 2.02. The zero-order valence-electron chi connectivity index (χ0n) is 16.1. The number of aromatic nitrogens is 2. The van der Waals surface area contributed by atoms with Crippen LogP contribution in [0.25, 0.3) is 0 Å². The van der Waals surface area contributed by atoms with Gasteiger partial charge in [-0.15, -0.1) is 0 Å². The highest BCUT2D eigenvalue weighted by Crippen LogP contribution is 2.40. The van der Waals surface area contributed by atoms with Crippen LogP contribution in [-0.4, -0.2) is 46.6 Å². The van der Waals surface area contributed by atoms with E-state index in [1.807, 2.05) is 35.8 Å². The number of aryl methyl sites for hydroxylation is 1. The lowest BCUT2D eigenvalue weighted by molar-refractivity contribution is -0.118. The number of fused-ring (bicyclic) bond motifs is 2. The minimum absolute atomic E-state index is 0.0324. The Morgan fingerprint density at radius 2 is 2.07 bits per heavy atom. The van der Waals surface area contributed by atoms with E-state index in [1.54, 1.807) is 7.11 Å². The van der Waals surface area contributed by atoms with Crippen molar-refractivity contribution in [3.8, 4) is 11.5 Å². The van der Waals surface area contributed by atoms with Gasteiger partial charge in [-0.1, -0.05) is 12.8 Å². The van der Waals surface area contributed by atoms with Gasteiger partial charge in [-0.3, -0.25) is 10.1 Å². The Kier molecular flexibility index (Phi) is 5.45. The molecule has 1 aromatic heterocycles. The second-order valence-corrected chi connectivity index (χ2v) is 7.00. The van der Waals surface area contributed by atoms with E-state index >= 15 is 0 Å². The van der Waals surface area contributed by atoms with Crippen LogP contribution in [0, 0.1) is 0 Å². The predicted octanol–water partition coefficient (Wildman–Crippen LogP) is 2.46. The van der Waals surface area contributed by atoms with Crippen LogP contribution in [0.5, 0.6) is 11.5 Å². The van der Waals surface area contributed by atoms with Gasteiger partial charge in [0.1, 0.15) is 6.54 Å². The Morgan fingerprint density at radius 1 is 1.18 bits per heavy atom. The highest BCUT2D eigenvalue weighted by atomic mass is 16.5. The summed E-state index contributed by atoms with van der Waals surface area (Å²) in [6.07, 6.45) is 10.1. The molecular weight excluding hydrogens is 358 g/mol. The molecule has 148 valence electrons. The van der Waals surface area contributed by atoms with E-state index in [9.17, 15) is 4.79 Å². The number of hydrogen-bond acceptors (Lipinski definition) is 6. The molecule has 0 bridgehead atoms. The molecule has 0 spiro atoms. The lowest BCUT2D eigenvalue weighted by Crippen LogP contribution is -2.32. The fourth-order valence-electron chi connectivity index (χ4n) is 3.57. The van der Waals surface area contributed by atoms with E-state index in [4.69, 9.17) is 9.47 Å². The number of aliphatic imine (C=N–C) groups is 1. The smallest absolute Gasteiger partial charge is 0.246 e. The third kappa shape index (κ3) is 3.95. The van der Waals surface area contributed by atoms with Gasteiger partial charge in [0.05, 0.1) is 32.3 Å². The van der Waals surface area contributed by atoms with Crippen molar-refractivity contribution in [2.45, 2.75) is 38.8 Å². The standard InChI is InChI=1S/C20H25N5O3/c1-27-19-15-12-25-13-18(26)23-20(25)22-16(15)6-7-17(19)28-11-5-3-2-4-9-24-10-8-21-14-24/h6-8,10,14H,2-5,9,11-13H2,1H3,(H,22,23,26). The fourth-order valence-corrected chi connectivity index (χ4v) is 3.57. The molecule has 2 aliphatic rings. The molecule has 1 N–H and O–H groups in total. The first kappa shape index (κ1) is 18.3. The van der Waals surface area contributed by atoms with Crippen molar-refractivity contribution in [3.63, 3.8) is 0 Å². The maximum atomic E-state index is 11.6. The van der Waals surface area contributed by atoms with Gasteiger partial charge in [0.2, 0.25) is 11.9 Å². The van der Waals surface area contributed by atoms with E-state index in [2.05, 4.69) is 19.9 Å². The number of nitrogens with one attached hydrogen (secondary N) is 1. The minimum atomic E-state index is -0.0324. The topological polar surface area (TPSA) is 81.0 Å². The van der Waals surface area contributed by atoms with Crippen molar-refractivity contribution in [1.82, 2.24) is 19.8 Å². The summed E-state index contributed by atoms with van der Waals surface area (Å²) in [7, 11) is 1.64. The van der Waals surface area contributed by atoms with Gasteiger partial charge in [0, 0.05) is 24.5 Å². The maximum absolute atomic E-state index is 11.6. The summed E-state index contributed by atoms with van der Waals surface area (Å²) in [6.45, 7) is 2.57. The average molecular weight is 383 g/mol. The van der Waals surface area contributed by atoms with Crippen LogP contribution in [0.1, 0.15) is 31.2 Å². The third-order valence-electron chi connectivity index (χ3n) is 4.99. The Hall–Kier alpha value is -3.03. The summed E-state index contributed by atoms with van der Waals surface area (Å²) < 4.78 is 13.7. The van der Waals surface area contributed by atoms with Crippen molar-refractivity contribution in [2.75, 3.05) is 20.3 Å². The number of methoxy groups -OCH3 is 1. The number of benzene rings is 1. The number of carbonyl (C=O) groups is 1. The number of guanidine groups is 1. The fraction of sp³-hybridized carbons (Fsp3) is 0.450. The van der Waals surface area contributed by atoms with Gasteiger partial charge >= 0.3 is 0 Å². The molecule has 0 unspecified atom stereocenters. The molecule has 28 heavy (non-hydrogen) atoms. The molecule has 1 saturated heterocycles. The number of amides is 1. The zero-order chi connectivity index (χ0) is 19.3. The summed E-state index contributed by atoms with van der Waals surface area (Å²) in [5.41, 5.74) is 1.78. The number of unbranched alkanes of at least 4 members (excludes halogenated alkanes) is 3. The predicted molar refractivity (Wildman–Crippen MR) is 105 cm³/mol.